The first kappa shape index (κ1) is 16.2. The van der Waals surface area contributed by atoms with E-state index < -0.39 is 16.4 Å². The van der Waals surface area contributed by atoms with Gasteiger partial charge in [-0.05, 0) is 12.1 Å². The molecule has 0 bridgehead atoms. The van der Waals surface area contributed by atoms with Gasteiger partial charge in [0.1, 0.15) is 0 Å². The van der Waals surface area contributed by atoms with Crippen molar-refractivity contribution in [3.8, 4) is 0 Å². The van der Waals surface area contributed by atoms with Gasteiger partial charge in [0.2, 0.25) is 10.4 Å². The van der Waals surface area contributed by atoms with E-state index in [9.17, 15) is 17.8 Å². The van der Waals surface area contributed by atoms with Crippen molar-refractivity contribution in [3.63, 3.8) is 0 Å². The quantitative estimate of drug-likeness (QED) is 0.191. The predicted molar refractivity (Wildman–Crippen MR) is 43.7 cm³/mol. The SMILES string of the molecule is O=C(OOOS(=O)(=O)[O-])c1ccccc1.[K+]. The number of benzene rings is 1. The van der Waals surface area contributed by atoms with Crippen molar-refractivity contribution >= 4 is 16.4 Å². The summed E-state index contributed by atoms with van der Waals surface area (Å²) in [6.45, 7) is 0. The Morgan fingerprint density at radius 2 is 1.75 bits per heavy atom. The third-order valence-electron chi connectivity index (χ3n) is 1.23. The predicted octanol–water partition coefficient (Wildman–Crippen LogP) is -2.83. The van der Waals surface area contributed by atoms with Crippen molar-refractivity contribution in [2.24, 2.45) is 0 Å². The molecule has 0 atom stereocenters. The Hall–Kier alpha value is 0.156. The van der Waals surface area contributed by atoms with Crippen LogP contribution in [0.25, 0.3) is 0 Å². The Morgan fingerprint density at radius 3 is 2.25 bits per heavy atom. The van der Waals surface area contributed by atoms with Gasteiger partial charge in [-0.2, -0.15) is 0 Å². The second-order valence-corrected chi connectivity index (χ2v) is 3.23. The number of hydrogen-bond acceptors (Lipinski definition) is 7. The van der Waals surface area contributed by atoms with Crippen LogP contribution in [0.15, 0.2) is 30.3 Å². The van der Waals surface area contributed by atoms with Crippen LogP contribution in [-0.4, -0.2) is 18.9 Å². The van der Waals surface area contributed by atoms with Gasteiger partial charge in [-0.1, -0.05) is 22.5 Å². The van der Waals surface area contributed by atoms with Crippen molar-refractivity contribution in [2.75, 3.05) is 0 Å². The van der Waals surface area contributed by atoms with Gasteiger partial charge in [-0.3, -0.25) is 4.89 Å². The largest absolute Gasteiger partial charge is 1.00 e. The van der Waals surface area contributed by atoms with E-state index in [1.807, 2.05) is 0 Å². The van der Waals surface area contributed by atoms with Crippen molar-refractivity contribution in [2.45, 2.75) is 0 Å². The summed E-state index contributed by atoms with van der Waals surface area (Å²) in [6, 6.07) is 7.58. The fraction of sp³-hybridized carbons (Fsp3) is 0. The summed E-state index contributed by atoms with van der Waals surface area (Å²) in [5.74, 6) is -0.987. The van der Waals surface area contributed by atoms with Crippen LogP contribution in [0.3, 0.4) is 0 Å². The normalized spacial score (nSPS) is 10.3. The maximum absolute atomic E-state index is 11.0. The van der Waals surface area contributed by atoms with Crippen LogP contribution in [0.2, 0.25) is 0 Å². The van der Waals surface area contributed by atoms with Crippen LogP contribution in [0.1, 0.15) is 10.4 Å². The average Bonchev–Trinajstić information content (AvgIpc) is 2.17. The average molecular weight is 272 g/mol. The minimum absolute atomic E-state index is 0. The molecule has 1 rings (SSSR count). The van der Waals surface area contributed by atoms with E-state index in [1.165, 1.54) is 12.1 Å². The van der Waals surface area contributed by atoms with Crippen molar-refractivity contribution in [1.29, 1.82) is 0 Å². The number of carbonyl (C=O) groups excluding carboxylic acids is 1. The van der Waals surface area contributed by atoms with Gasteiger partial charge in [-0.25, -0.2) is 13.2 Å². The maximum atomic E-state index is 11.0. The molecule has 0 radical (unpaired) electrons. The van der Waals surface area contributed by atoms with Gasteiger partial charge in [0, 0.05) is 5.04 Å². The van der Waals surface area contributed by atoms with Gasteiger partial charge in [0.05, 0.1) is 5.56 Å². The van der Waals surface area contributed by atoms with Crippen LogP contribution in [-0.2, 0) is 24.7 Å². The molecule has 1 aromatic carbocycles. The summed E-state index contributed by atoms with van der Waals surface area (Å²) in [5, 5.41) is 3.46. The number of carbonyl (C=O) groups is 1. The van der Waals surface area contributed by atoms with Crippen molar-refractivity contribution < 1.29 is 83.4 Å². The molecule has 0 fully saturated rings. The minimum Gasteiger partial charge on any atom is -0.724 e. The zero-order chi connectivity index (χ0) is 11.3. The van der Waals surface area contributed by atoms with Crippen molar-refractivity contribution in [1.82, 2.24) is 0 Å². The molecule has 0 spiro atoms. The Morgan fingerprint density at radius 1 is 1.19 bits per heavy atom. The second kappa shape index (κ2) is 7.48. The molecule has 0 saturated heterocycles. The first-order valence-electron chi connectivity index (χ1n) is 3.57. The van der Waals surface area contributed by atoms with Gasteiger partial charge in [0.25, 0.3) is 0 Å². The van der Waals surface area contributed by atoms with E-state index in [0.717, 1.165) is 0 Å². The Kier molecular flexibility index (Phi) is 7.55. The molecular weight excluding hydrogens is 267 g/mol. The van der Waals surface area contributed by atoms with E-state index in [0.29, 0.717) is 0 Å². The first-order chi connectivity index (χ1) is 6.99. The van der Waals surface area contributed by atoms with Crippen LogP contribution in [0.5, 0.6) is 0 Å². The number of rotatable bonds is 4. The zero-order valence-corrected chi connectivity index (χ0v) is 12.1. The fourth-order valence-corrected chi connectivity index (χ4v) is 0.797. The van der Waals surface area contributed by atoms with E-state index >= 15 is 0 Å². The van der Waals surface area contributed by atoms with E-state index in [2.05, 4.69) is 14.3 Å². The monoisotopic (exact) mass is 272 g/mol. The molecule has 0 aliphatic rings. The second-order valence-electron chi connectivity index (χ2n) is 2.28. The molecule has 0 aliphatic heterocycles. The minimum atomic E-state index is -5.05. The Bertz CT molecular complexity index is 429. The number of hydrogen-bond donors (Lipinski definition) is 0. The summed E-state index contributed by atoms with van der Waals surface area (Å²) in [4.78, 5) is 14.9. The molecular formula is C7H5KO7S. The molecule has 16 heavy (non-hydrogen) atoms. The molecule has 7 nitrogen and oxygen atoms in total. The third-order valence-corrected chi connectivity index (χ3v) is 1.45. The summed E-state index contributed by atoms with van der Waals surface area (Å²) in [7, 11) is -5.05. The molecule has 0 unspecified atom stereocenters. The summed E-state index contributed by atoms with van der Waals surface area (Å²) < 4.78 is 32.8. The van der Waals surface area contributed by atoms with Gasteiger partial charge < -0.3 is 4.55 Å². The molecule has 1 aromatic rings. The third kappa shape index (κ3) is 6.68. The van der Waals surface area contributed by atoms with E-state index in [1.54, 1.807) is 18.2 Å². The Balaban J connectivity index is 0.00000225. The Labute approximate surface area is 134 Å². The summed E-state index contributed by atoms with van der Waals surface area (Å²) in [6.07, 6.45) is 0. The fourth-order valence-electron chi connectivity index (χ4n) is 0.701. The topological polar surface area (TPSA) is 102 Å². The standard InChI is InChI=1S/C7H6O7S.K/c8-7(6-4-2-1-3-5-6)12-13-14-15(9,10)11;/h1-5H,(H,9,10,11);/q;+1/p-1. The molecule has 0 aliphatic carbocycles. The van der Waals surface area contributed by atoms with Gasteiger partial charge in [-0.15, -0.1) is 0 Å². The van der Waals surface area contributed by atoms with Crippen molar-refractivity contribution in [3.05, 3.63) is 35.9 Å². The summed E-state index contributed by atoms with van der Waals surface area (Å²) in [5.41, 5.74) is 0.115. The molecule has 0 heterocycles. The van der Waals surface area contributed by atoms with E-state index in [4.69, 9.17) is 0 Å². The molecule has 0 N–H and O–H groups in total. The van der Waals surface area contributed by atoms with Gasteiger partial charge >= 0.3 is 57.4 Å². The van der Waals surface area contributed by atoms with Gasteiger partial charge in [0.15, 0.2) is 0 Å². The van der Waals surface area contributed by atoms with E-state index in [-0.39, 0.29) is 56.9 Å². The summed E-state index contributed by atoms with van der Waals surface area (Å²) >= 11 is 0. The first-order valence-corrected chi connectivity index (χ1v) is 4.90. The van der Waals surface area contributed by atoms with Crippen LogP contribution < -0.4 is 51.4 Å². The molecule has 82 valence electrons. The molecule has 0 saturated carbocycles. The smallest absolute Gasteiger partial charge is 0.724 e. The molecule has 9 heteroatoms. The molecule has 0 amide bonds. The zero-order valence-electron chi connectivity index (χ0n) is 8.15. The molecule has 0 aromatic heterocycles. The maximum Gasteiger partial charge on any atom is 1.00 e. The van der Waals surface area contributed by atoms with Crippen LogP contribution in [0.4, 0.5) is 0 Å². The van der Waals surface area contributed by atoms with Crippen LogP contribution in [0, 0.1) is 0 Å². The van der Waals surface area contributed by atoms with Crippen LogP contribution >= 0.6 is 0 Å².